The molecule has 2 N–H and O–H groups in total. The summed E-state index contributed by atoms with van der Waals surface area (Å²) in [7, 11) is 0. The lowest BCUT2D eigenvalue weighted by Gasteiger charge is -2.15. The van der Waals surface area contributed by atoms with Gasteiger partial charge < -0.3 is 10.4 Å². The van der Waals surface area contributed by atoms with Gasteiger partial charge in [-0.05, 0) is 36.6 Å². The molecule has 0 aromatic heterocycles. The molecule has 17 heavy (non-hydrogen) atoms. The summed E-state index contributed by atoms with van der Waals surface area (Å²) in [5, 5.41) is 13.1. The fourth-order valence-corrected chi connectivity index (χ4v) is 1.86. The van der Waals surface area contributed by atoms with E-state index < -0.39 is 6.10 Å². The van der Waals surface area contributed by atoms with Crippen molar-refractivity contribution < 1.29 is 9.50 Å². The molecule has 2 nitrogen and oxygen atoms in total. The van der Waals surface area contributed by atoms with E-state index in [1.165, 1.54) is 25.0 Å². The molecule has 1 aromatic carbocycles. The summed E-state index contributed by atoms with van der Waals surface area (Å²) in [6, 6.07) is 5.99. The second-order valence-corrected chi connectivity index (χ2v) is 4.62. The molecule has 2 unspecified atom stereocenters. The molecule has 0 amide bonds. The normalized spacial score (nSPS) is 14.6. The van der Waals surface area contributed by atoms with Crippen molar-refractivity contribution >= 4 is 0 Å². The monoisotopic (exact) mass is 239 g/mol. The first-order valence-electron chi connectivity index (χ1n) is 6.27. The molecule has 0 heterocycles. The number of nitrogens with one attached hydrogen (secondary N) is 1. The van der Waals surface area contributed by atoms with Crippen molar-refractivity contribution in [1.29, 1.82) is 0 Å². The Kier molecular flexibility index (Phi) is 6.16. The van der Waals surface area contributed by atoms with Gasteiger partial charge in [-0.15, -0.1) is 0 Å². The predicted molar refractivity (Wildman–Crippen MR) is 68.3 cm³/mol. The molecule has 2 atom stereocenters. The van der Waals surface area contributed by atoms with E-state index in [0.29, 0.717) is 12.5 Å². The second kappa shape index (κ2) is 7.41. The minimum Gasteiger partial charge on any atom is -0.387 e. The Morgan fingerprint density at radius 2 is 1.88 bits per heavy atom. The summed E-state index contributed by atoms with van der Waals surface area (Å²) in [4.78, 5) is 0. The first-order valence-corrected chi connectivity index (χ1v) is 6.27. The van der Waals surface area contributed by atoms with Crippen LogP contribution < -0.4 is 5.32 Å². The number of rotatable bonds is 7. The van der Waals surface area contributed by atoms with Crippen LogP contribution in [0.25, 0.3) is 0 Å². The van der Waals surface area contributed by atoms with Crippen molar-refractivity contribution in [2.75, 3.05) is 13.1 Å². The van der Waals surface area contributed by atoms with Crippen LogP contribution in [0.3, 0.4) is 0 Å². The highest BCUT2D eigenvalue weighted by molar-refractivity contribution is 5.18. The Hall–Kier alpha value is -0.930. The van der Waals surface area contributed by atoms with Gasteiger partial charge >= 0.3 is 0 Å². The standard InChI is InChI=1S/C14H22FNO/c1-3-4-11(2)9-16-10-14(17)12-5-7-13(15)8-6-12/h5-8,11,14,16-17H,3-4,9-10H2,1-2H3. The summed E-state index contributed by atoms with van der Waals surface area (Å²) >= 11 is 0. The van der Waals surface area contributed by atoms with E-state index in [0.717, 1.165) is 12.1 Å². The highest BCUT2D eigenvalue weighted by Gasteiger charge is 2.07. The molecule has 0 saturated carbocycles. The molecular weight excluding hydrogens is 217 g/mol. The summed E-state index contributed by atoms with van der Waals surface area (Å²) in [6.45, 7) is 5.79. The molecule has 0 saturated heterocycles. The first-order chi connectivity index (χ1) is 8.13. The molecule has 0 bridgehead atoms. The Morgan fingerprint density at radius 3 is 2.47 bits per heavy atom. The molecule has 96 valence electrons. The smallest absolute Gasteiger partial charge is 0.123 e. The lowest BCUT2D eigenvalue weighted by Crippen LogP contribution is -2.26. The highest BCUT2D eigenvalue weighted by atomic mass is 19.1. The van der Waals surface area contributed by atoms with Crippen molar-refractivity contribution in [3.05, 3.63) is 35.6 Å². The fourth-order valence-electron chi connectivity index (χ4n) is 1.86. The van der Waals surface area contributed by atoms with Crippen molar-refractivity contribution in [2.45, 2.75) is 32.8 Å². The van der Waals surface area contributed by atoms with Gasteiger partial charge in [0.15, 0.2) is 0 Å². The topological polar surface area (TPSA) is 32.3 Å². The van der Waals surface area contributed by atoms with Crippen LogP contribution in [0.2, 0.25) is 0 Å². The summed E-state index contributed by atoms with van der Waals surface area (Å²) in [5.41, 5.74) is 0.752. The van der Waals surface area contributed by atoms with Crippen LogP contribution in [0.15, 0.2) is 24.3 Å². The largest absolute Gasteiger partial charge is 0.387 e. The Balaban J connectivity index is 2.29. The maximum atomic E-state index is 12.7. The van der Waals surface area contributed by atoms with Gasteiger partial charge in [0.25, 0.3) is 0 Å². The van der Waals surface area contributed by atoms with Crippen LogP contribution in [0.1, 0.15) is 38.4 Å². The number of hydrogen-bond donors (Lipinski definition) is 2. The Labute approximate surface area is 103 Å². The lowest BCUT2D eigenvalue weighted by molar-refractivity contribution is 0.172. The van der Waals surface area contributed by atoms with Gasteiger partial charge in [0, 0.05) is 6.54 Å². The number of hydrogen-bond acceptors (Lipinski definition) is 2. The van der Waals surface area contributed by atoms with E-state index in [2.05, 4.69) is 19.2 Å². The summed E-state index contributed by atoms with van der Waals surface area (Å²) < 4.78 is 12.7. The van der Waals surface area contributed by atoms with Gasteiger partial charge in [-0.1, -0.05) is 32.4 Å². The molecule has 0 fully saturated rings. The van der Waals surface area contributed by atoms with Crippen molar-refractivity contribution in [1.82, 2.24) is 5.32 Å². The fraction of sp³-hybridized carbons (Fsp3) is 0.571. The molecule has 0 aliphatic heterocycles. The van der Waals surface area contributed by atoms with Crippen molar-refractivity contribution in [3.8, 4) is 0 Å². The summed E-state index contributed by atoms with van der Waals surface area (Å²) in [6.07, 6.45) is 1.81. The van der Waals surface area contributed by atoms with Crippen LogP contribution in [-0.2, 0) is 0 Å². The zero-order chi connectivity index (χ0) is 12.7. The van der Waals surface area contributed by atoms with Gasteiger partial charge in [-0.2, -0.15) is 0 Å². The average Bonchev–Trinajstić information content (AvgIpc) is 2.30. The van der Waals surface area contributed by atoms with Crippen LogP contribution in [0, 0.1) is 11.7 Å². The van der Waals surface area contributed by atoms with Crippen LogP contribution in [0.5, 0.6) is 0 Å². The van der Waals surface area contributed by atoms with Gasteiger partial charge in [0.2, 0.25) is 0 Å². The third-order valence-corrected chi connectivity index (χ3v) is 2.87. The second-order valence-electron chi connectivity index (χ2n) is 4.62. The van der Waals surface area contributed by atoms with Crippen molar-refractivity contribution in [3.63, 3.8) is 0 Å². The van der Waals surface area contributed by atoms with Gasteiger partial charge in [0.05, 0.1) is 6.10 Å². The number of aliphatic hydroxyl groups excluding tert-OH is 1. The van der Waals surface area contributed by atoms with E-state index in [4.69, 9.17) is 0 Å². The predicted octanol–water partition coefficient (Wildman–Crippen LogP) is 2.88. The van der Waals surface area contributed by atoms with E-state index >= 15 is 0 Å². The van der Waals surface area contributed by atoms with E-state index in [-0.39, 0.29) is 5.82 Å². The zero-order valence-electron chi connectivity index (χ0n) is 10.6. The third kappa shape index (κ3) is 5.29. The molecule has 3 heteroatoms. The van der Waals surface area contributed by atoms with Crippen LogP contribution in [0.4, 0.5) is 4.39 Å². The van der Waals surface area contributed by atoms with E-state index in [9.17, 15) is 9.50 Å². The maximum Gasteiger partial charge on any atom is 0.123 e. The minimum absolute atomic E-state index is 0.273. The molecule has 1 rings (SSSR count). The SMILES string of the molecule is CCCC(C)CNCC(O)c1ccc(F)cc1. The Morgan fingerprint density at radius 1 is 1.24 bits per heavy atom. The van der Waals surface area contributed by atoms with E-state index in [1.807, 2.05) is 0 Å². The lowest BCUT2D eigenvalue weighted by atomic mass is 10.1. The maximum absolute atomic E-state index is 12.7. The Bertz CT molecular complexity index is 313. The minimum atomic E-state index is -0.565. The number of benzene rings is 1. The highest BCUT2D eigenvalue weighted by Crippen LogP contribution is 2.12. The third-order valence-electron chi connectivity index (χ3n) is 2.87. The zero-order valence-corrected chi connectivity index (χ0v) is 10.6. The van der Waals surface area contributed by atoms with Gasteiger partial charge in [0.1, 0.15) is 5.82 Å². The summed E-state index contributed by atoms with van der Waals surface area (Å²) in [5.74, 6) is 0.353. The van der Waals surface area contributed by atoms with Crippen LogP contribution >= 0.6 is 0 Å². The quantitative estimate of drug-likeness (QED) is 0.767. The van der Waals surface area contributed by atoms with Crippen molar-refractivity contribution in [2.24, 2.45) is 5.92 Å². The van der Waals surface area contributed by atoms with E-state index in [1.54, 1.807) is 12.1 Å². The molecule has 0 aliphatic carbocycles. The molecule has 1 aromatic rings. The molecule has 0 aliphatic rings. The molecule has 0 spiro atoms. The first kappa shape index (κ1) is 14.1. The van der Waals surface area contributed by atoms with Crippen LogP contribution in [-0.4, -0.2) is 18.2 Å². The molecular formula is C14H22FNO. The average molecular weight is 239 g/mol. The molecule has 0 radical (unpaired) electrons. The number of halogens is 1. The van der Waals surface area contributed by atoms with Gasteiger partial charge in [-0.25, -0.2) is 4.39 Å². The number of aliphatic hydroxyl groups is 1. The van der Waals surface area contributed by atoms with Gasteiger partial charge in [-0.3, -0.25) is 0 Å².